The van der Waals surface area contributed by atoms with E-state index in [0.29, 0.717) is 24.1 Å². The Bertz CT molecular complexity index is 680. The lowest BCUT2D eigenvalue weighted by molar-refractivity contribution is 0.0953. The van der Waals surface area contributed by atoms with Crippen LogP contribution in [0, 0.1) is 11.8 Å². The zero-order valence-electron chi connectivity index (χ0n) is 11.8. The molecule has 5 nitrogen and oxygen atoms in total. The summed E-state index contributed by atoms with van der Waals surface area (Å²) in [5.41, 5.74) is 2.19. The Kier molecular flexibility index (Phi) is 5.13. The number of hydrogen-bond donors (Lipinski definition) is 2. The van der Waals surface area contributed by atoms with Gasteiger partial charge in [0, 0.05) is 37.5 Å². The highest BCUT2D eigenvalue weighted by Gasteiger charge is 2.09. The first-order valence-corrected chi connectivity index (χ1v) is 6.66. The molecule has 0 aliphatic heterocycles. The van der Waals surface area contributed by atoms with Gasteiger partial charge in [-0.25, -0.2) is 0 Å². The van der Waals surface area contributed by atoms with Crippen molar-refractivity contribution in [3.63, 3.8) is 0 Å². The number of nitrogens with zero attached hydrogens (tertiary/aromatic N) is 2. The monoisotopic (exact) mass is 283 g/mol. The van der Waals surface area contributed by atoms with Crippen LogP contribution in [0.2, 0.25) is 0 Å². The molecule has 2 N–H and O–H groups in total. The van der Waals surface area contributed by atoms with Crippen molar-refractivity contribution in [2.75, 3.05) is 13.2 Å². The van der Waals surface area contributed by atoms with E-state index in [4.69, 9.17) is 5.11 Å². The molecule has 0 fully saturated rings. The minimum Gasteiger partial charge on any atom is -0.384 e. The van der Waals surface area contributed by atoms with Crippen LogP contribution >= 0.6 is 0 Å². The van der Waals surface area contributed by atoms with Crippen LogP contribution in [0.15, 0.2) is 36.5 Å². The zero-order chi connectivity index (χ0) is 15.1. The molecular weight excluding hydrogens is 266 g/mol. The number of aliphatic hydroxyl groups excluding tert-OH is 1. The molecule has 0 bridgehead atoms. The maximum Gasteiger partial charge on any atom is 0.252 e. The molecule has 0 spiro atoms. The quantitative estimate of drug-likeness (QED) is 0.813. The number of rotatable bonds is 4. The fourth-order valence-electron chi connectivity index (χ4n) is 1.97. The summed E-state index contributed by atoms with van der Waals surface area (Å²) in [7, 11) is 1.87. The fraction of sp³-hybridized carbons (Fsp3) is 0.250. The van der Waals surface area contributed by atoms with Gasteiger partial charge in [0.25, 0.3) is 5.91 Å². The van der Waals surface area contributed by atoms with Crippen molar-refractivity contribution in [3.8, 4) is 11.8 Å². The van der Waals surface area contributed by atoms with Crippen molar-refractivity contribution in [1.29, 1.82) is 0 Å². The number of nitrogens with one attached hydrogen (secondary N) is 1. The molecule has 1 aromatic carbocycles. The lowest BCUT2D eigenvalue weighted by Crippen LogP contribution is -2.26. The number of hydrogen-bond acceptors (Lipinski definition) is 3. The molecule has 2 aromatic rings. The van der Waals surface area contributed by atoms with Crippen LogP contribution < -0.4 is 5.32 Å². The van der Waals surface area contributed by atoms with Crippen LogP contribution in [0.1, 0.15) is 21.6 Å². The maximum atomic E-state index is 12.2. The molecule has 1 heterocycles. The molecule has 1 amide bonds. The van der Waals surface area contributed by atoms with Crippen molar-refractivity contribution in [3.05, 3.63) is 53.3 Å². The molecule has 0 unspecified atom stereocenters. The number of carbonyl (C=O) groups is 1. The smallest absolute Gasteiger partial charge is 0.252 e. The normalized spacial score (nSPS) is 9.81. The second-order valence-corrected chi connectivity index (χ2v) is 4.46. The third-order valence-corrected chi connectivity index (χ3v) is 3.06. The first-order valence-electron chi connectivity index (χ1n) is 6.66. The number of aliphatic hydroxyl groups is 1. The number of amides is 1. The average molecular weight is 283 g/mol. The van der Waals surface area contributed by atoms with E-state index in [1.165, 1.54) is 0 Å². The number of benzene rings is 1. The van der Waals surface area contributed by atoms with Crippen molar-refractivity contribution < 1.29 is 9.90 Å². The predicted molar refractivity (Wildman–Crippen MR) is 79.7 cm³/mol. The van der Waals surface area contributed by atoms with Gasteiger partial charge in [-0.3, -0.25) is 9.48 Å². The number of aromatic nitrogens is 2. The Morgan fingerprint density at radius 1 is 1.38 bits per heavy atom. The van der Waals surface area contributed by atoms with E-state index in [0.717, 1.165) is 5.69 Å². The molecule has 0 aliphatic rings. The van der Waals surface area contributed by atoms with E-state index in [1.54, 1.807) is 29.1 Å². The molecule has 0 radical (unpaired) electrons. The molecule has 108 valence electrons. The van der Waals surface area contributed by atoms with Crippen LogP contribution in [0.25, 0.3) is 0 Å². The molecule has 5 heteroatoms. The molecule has 2 rings (SSSR count). The van der Waals surface area contributed by atoms with Gasteiger partial charge in [-0.05, 0) is 18.2 Å². The topological polar surface area (TPSA) is 67.2 Å². The van der Waals surface area contributed by atoms with Gasteiger partial charge < -0.3 is 10.4 Å². The van der Waals surface area contributed by atoms with E-state index >= 15 is 0 Å². The summed E-state index contributed by atoms with van der Waals surface area (Å²) in [6.07, 6.45) is 2.45. The highest BCUT2D eigenvalue weighted by Crippen LogP contribution is 2.07. The minimum absolute atomic E-state index is 0.167. The standard InChI is InChI=1S/C16H17N3O2/c1-19-14(9-11-18-19)8-10-17-16(21)15-7-3-2-5-13(15)6-4-12-20/h2-3,5,7,9,11,20H,8,10,12H2,1H3,(H,17,21). The van der Waals surface area contributed by atoms with Crippen molar-refractivity contribution in [2.24, 2.45) is 7.05 Å². The second kappa shape index (κ2) is 7.27. The Labute approximate surface area is 123 Å². The molecule has 0 aliphatic carbocycles. The fourth-order valence-corrected chi connectivity index (χ4v) is 1.97. The third kappa shape index (κ3) is 3.94. The van der Waals surface area contributed by atoms with Crippen LogP contribution in [0.3, 0.4) is 0 Å². The number of aryl methyl sites for hydroxylation is 1. The maximum absolute atomic E-state index is 12.2. The lowest BCUT2D eigenvalue weighted by atomic mass is 10.1. The van der Waals surface area contributed by atoms with E-state index in [1.807, 2.05) is 19.2 Å². The summed E-state index contributed by atoms with van der Waals surface area (Å²) < 4.78 is 1.78. The van der Waals surface area contributed by atoms with Gasteiger partial charge in [0.15, 0.2) is 0 Å². The molecule has 0 atom stereocenters. The van der Waals surface area contributed by atoms with Gasteiger partial charge in [0.05, 0.1) is 5.56 Å². The van der Waals surface area contributed by atoms with Gasteiger partial charge in [-0.15, -0.1) is 0 Å². The summed E-state index contributed by atoms with van der Waals surface area (Å²) in [5, 5.41) is 15.7. The highest BCUT2D eigenvalue weighted by atomic mass is 16.2. The SMILES string of the molecule is Cn1nccc1CCNC(=O)c1ccccc1C#CCO. The first-order chi connectivity index (χ1) is 10.2. The Hall–Kier alpha value is -2.58. The van der Waals surface area contributed by atoms with E-state index in [9.17, 15) is 4.79 Å². The van der Waals surface area contributed by atoms with Crippen LogP contribution in [-0.2, 0) is 13.5 Å². The van der Waals surface area contributed by atoms with Crippen LogP contribution in [0.4, 0.5) is 0 Å². The Morgan fingerprint density at radius 3 is 2.90 bits per heavy atom. The van der Waals surface area contributed by atoms with Crippen LogP contribution in [-0.4, -0.2) is 33.9 Å². The van der Waals surface area contributed by atoms with E-state index < -0.39 is 0 Å². The van der Waals surface area contributed by atoms with Gasteiger partial charge >= 0.3 is 0 Å². The van der Waals surface area contributed by atoms with Gasteiger partial charge in [-0.1, -0.05) is 24.0 Å². The lowest BCUT2D eigenvalue weighted by Gasteiger charge is -2.07. The molecule has 0 saturated heterocycles. The minimum atomic E-state index is -0.226. The summed E-state index contributed by atoms with van der Waals surface area (Å²) in [5.74, 6) is 5.18. The zero-order valence-corrected chi connectivity index (χ0v) is 11.8. The van der Waals surface area contributed by atoms with Gasteiger partial charge in [0.2, 0.25) is 0 Å². The summed E-state index contributed by atoms with van der Waals surface area (Å²) in [6, 6.07) is 9.01. The largest absolute Gasteiger partial charge is 0.384 e. The predicted octanol–water partition coefficient (Wildman–Crippen LogP) is 0.736. The van der Waals surface area contributed by atoms with Crippen molar-refractivity contribution in [1.82, 2.24) is 15.1 Å². The highest BCUT2D eigenvalue weighted by molar-refractivity contribution is 5.96. The molecule has 1 aromatic heterocycles. The van der Waals surface area contributed by atoms with Crippen LogP contribution in [0.5, 0.6) is 0 Å². The second-order valence-electron chi connectivity index (χ2n) is 4.46. The number of carbonyl (C=O) groups excluding carboxylic acids is 1. The average Bonchev–Trinajstić information content (AvgIpc) is 2.91. The Morgan fingerprint density at radius 2 is 2.19 bits per heavy atom. The summed E-state index contributed by atoms with van der Waals surface area (Å²) in [4.78, 5) is 12.2. The van der Waals surface area contributed by atoms with E-state index in [2.05, 4.69) is 22.3 Å². The van der Waals surface area contributed by atoms with Crippen molar-refractivity contribution >= 4 is 5.91 Å². The molecular formula is C16H17N3O2. The summed E-state index contributed by atoms with van der Waals surface area (Å²) >= 11 is 0. The van der Waals surface area contributed by atoms with Gasteiger partial charge in [0.1, 0.15) is 6.61 Å². The third-order valence-electron chi connectivity index (χ3n) is 3.06. The Balaban J connectivity index is 1.99. The molecule has 0 saturated carbocycles. The first kappa shape index (κ1) is 14.8. The molecule has 21 heavy (non-hydrogen) atoms. The van der Waals surface area contributed by atoms with Gasteiger partial charge in [-0.2, -0.15) is 5.10 Å². The van der Waals surface area contributed by atoms with E-state index in [-0.39, 0.29) is 12.5 Å². The van der Waals surface area contributed by atoms with Crippen molar-refractivity contribution in [2.45, 2.75) is 6.42 Å². The summed E-state index contributed by atoms with van der Waals surface area (Å²) in [6.45, 7) is 0.302.